The number of amides is 1. The van der Waals surface area contributed by atoms with Gasteiger partial charge in [-0.05, 0) is 32.4 Å². The number of hydrogen-bond donors (Lipinski definition) is 2. The minimum Gasteiger partial charge on any atom is -0.353 e. The van der Waals surface area contributed by atoms with Crippen molar-refractivity contribution in [2.75, 3.05) is 0 Å². The zero-order valence-corrected chi connectivity index (χ0v) is 11.6. The van der Waals surface area contributed by atoms with E-state index in [0.29, 0.717) is 5.56 Å². The molecule has 2 N–H and O–H groups in total. The standard InChI is InChI=1S/C13H18FN3O3/c1-8(2)16-13(18)9(3)15-7-10-4-5-12(17(19)20)11(14)6-10/h4-6,8-9,15H,7H2,1-3H3,(H,16,18). The topological polar surface area (TPSA) is 84.3 Å². The summed E-state index contributed by atoms with van der Waals surface area (Å²) in [6.07, 6.45) is 0. The number of carbonyl (C=O) groups is 1. The first-order valence-electron chi connectivity index (χ1n) is 6.28. The first-order valence-corrected chi connectivity index (χ1v) is 6.28. The van der Waals surface area contributed by atoms with Gasteiger partial charge in [0.2, 0.25) is 11.7 Å². The lowest BCUT2D eigenvalue weighted by atomic mass is 10.2. The molecule has 6 nitrogen and oxygen atoms in total. The third-order valence-electron chi connectivity index (χ3n) is 2.65. The summed E-state index contributed by atoms with van der Waals surface area (Å²) in [5.41, 5.74) is -0.0170. The van der Waals surface area contributed by atoms with Crippen LogP contribution in [0.4, 0.5) is 10.1 Å². The summed E-state index contributed by atoms with van der Waals surface area (Å²) < 4.78 is 13.4. The van der Waals surface area contributed by atoms with Crippen LogP contribution < -0.4 is 10.6 Å². The summed E-state index contributed by atoms with van der Waals surface area (Å²) in [6, 6.07) is 3.28. The van der Waals surface area contributed by atoms with Crippen LogP contribution >= 0.6 is 0 Å². The molecule has 7 heteroatoms. The highest BCUT2D eigenvalue weighted by atomic mass is 19.1. The van der Waals surface area contributed by atoms with Crippen molar-refractivity contribution in [3.63, 3.8) is 0 Å². The van der Waals surface area contributed by atoms with Crippen molar-refractivity contribution in [1.82, 2.24) is 10.6 Å². The Labute approximate surface area is 116 Å². The molecule has 0 aromatic heterocycles. The summed E-state index contributed by atoms with van der Waals surface area (Å²) >= 11 is 0. The molecule has 110 valence electrons. The number of rotatable bonds is 6. The Morgan fingerprint density at radius 2 is 2.05 bits per heavy atom. The molecular weight excluding hydrogens is 265 g/mol. The van der Waals surface area contributed by atoms with Crippen LogP contribution in [0.15, 0.2) is 18.2 Å². The summed E-state index contributed by atoms with van der Waals surface area (Å²) in [7, 11) is 0. The van der Waals surface area contributed by atoms with Crippen LogP contribution in [0.5, 0.6) is 0 Å². The Morgan fingerprint density at radius 3 is 2.55 bits per heavy atom. The fourth-order valence-electron chi connectivity index (χ4n) is 1.58. The van der Waals surface area contributed by atoms with Crippen LogP contribution in [0.25, 0.3) is 0 Å². The van der Waals surface area contributed by atoms with Gasteiger partial charge in [-0.3, -0.25) is 14.9 Å². The number of halogens is 1. The van der Waals surface area contributed by atoms with E-state index in [1.807, 2.05) is 13.8 Å². The Bertz CT molecular complexity index is 506. The van der Waals surface area contributed by atoms with Gasteiger partial charge in [-0.1, -0.05) is 6.07 Å². The molecule has 0 saturated heterocycles. The van der Waals surface area contributed by atoms with Crippen LogP contribution in [-0.4, -0.2) is 22.9 Å². The average Bonchev–Trinajstić information content (AvgIpc) is 2.34. The quantitative estimate of drug-likeness (QED) is 0.615. The highest BCUT2D eigenvalue weighted by molar-refractivity contribution is 5.81. The molecule has 1 unspecified atom stereocenters. The molecule has 0 heterocycles. The van der Waals surface area contributed by atoms with Crippen LogP contribution in [0.1, 0.15) is 26.3 Å². The molecule has 0 aliphatic rings. The Kier molecular flexibility index (Phi) is 5.57. The van der Waals surface area contributed by atoms with Gasteiger partial charge in [0.05, 0.1) is 11.0 Å². The van der Waals surface area contributed by atoms with E-state index < -0.39 is 22.5 Å². The van der Waals surface area contributed by atoms with Gasteiger partial charge in [-0.25, -0.2) is 0 Å². The molecule has 0 spiro atoms. The second-order valence-corrected chi connectivity index (χ2v) is 4.81. The van der Waals surface area contributed by atoms with Crippen molar-refractivity contribution in [3.05, 3.63) is 39.7 Å². The number of nitro groups is 1. The number of nitrogens with one attached hydrogen (secondary N) is 2. The average molecular weight is 283 g/mol. The summed E-state index contributed by atoms with van der Waals surface area (Å²) in [5, 5.41) is 16.2. The van der Waals surface area contributed by atoms with Gasteiger partial charge in [-0.15, -0.1) is 0 Å². The van der Waals surface area contributed by atoms with Gasteiger partial charge in [0.1, 0.15) is 0 Å². The number of nitrogens with zero attached hydrogens (tertiary/aromatic N) is 1. The van der Waals surface area contributed by atoms with E-state index in [1.165, 1.54) is 6.07 Å². The van der Waals surface area contributed by atoms with Crippen molar-refractivity contribution in [2.45, 2.75) is 39.4 Å². The highest BCUT2D eigenvalue weighted by Gasteiger charge is 2.15. The van der Waals surface area contributed by atoms with Crippen molar-refractivity contribution >= 4 is 11.6 Å². The lowest BCUT2D eigenvalue weighted by Gasteiger charge is -2.16. The van der Waals surface area contributed by atoms with E-state index in [2.05, 4.69) is 10.6 Å². The largest absolute Gasteiger partial charge is 0.353 e. The zero-order chi connectivity index (χ0) is 15.3. The number of benzene rings is 1. The first-order chi connectivity index (χ1) is 9.31. The molecule has 0 aliphatic heterocycles. The summed E-state index contributed by atoms with van der Waals surface area (Å²) in [5.74, 6) is -1.03. The normalized spacial score (nSPS) is 12.2. The molecule has 0 fully saturated rings. The van der Waals surface area contributed by atoms with Crippen molar-refractivity contribution in [2.24, 2.45) is 0 Å². The maximum atomic E-state index is 13.4. The molecule has 0 bridgehead atoms. The molecule has 20 heavy (non-hydrogen) atoms. The molecule has 0 aliphatic carbocycles. The Hall–Kier alpha value is -2.02. The molecule has 1 atom stereocenters. The lowest BCUT2D eigenvalue weighted by molar-refractivity contribution is -0.387. The van der Waals surface area contributed by atoms with Crippen LogP contribution in [0, 0.1) is 15.9 Å². The summed E-state index contributed by atoms with van der Waals surface area (Å²) in [6.45, 7) is 5.66. The molecular formula is C13H18FN3O3. The minimum absolute atomic E-state index is 0.0450. The van der Waals surface area contributed by atoms with Crippen LogP contribution in [-0.2, 0) is 11.3 Å². The van der Waals surface area contributed by atoms with Gasteiger partial charge < -0.3 is 10.6 Å². The van der Waals surface area contributed by atoms with E-state index in [-0.39, 0.29) is 18.5 Å². The minimum atomic E-state index is -0.881. The fraction of sp³-hybridized carbons (Fsp3) is 0.462. The lowest BCUT2D eigenvalue weighted by Crippen LogP contribution is -2.44. The van der Waals surface area contributed by atoms with Crippen molar-refractivity contribution in [1.29, 1.82) is 0 Å². The van der Waals surface area contributed by atoms with E-state index in [0.717, 1.165) is 12.1 Å². The maximum Gasteiger partial charge on any atom is 0.304 e. The third kappa shape index (κ3) is 4.58. The van der Waals surface area contributed by atoms with Gasteiger partial charge in [0.15, 0.2) is 0 Å². The van der Waals surface area contributed by atoms with E-state index in [9.17, 15) is 19.3 Å². The van der Waals surface area contributed by atoms with Crippen molar-refractivity contribution in [3.8, 4) is 0 Å². The van der Waals surface area contributed by atoms with Gasteiger partial charge >= 0.3 is 5.69 Å². The van der Waals surface area contributed by atoms with Crippen LogP contribution in [0.3, 0.4) is 0 Å². The molecule has 1 aromatic rings. The second kappa shape index (κ2) is 6.95. The SMILES string of the molecule is CC(C)NC(=O)C(C)NCc1ccc([N+](=O)[O-])c(F)c1. The first kappa shape index (κ1) is 16.0. The maximum absolute atomic E-state index is 13.4. The van der Waals surface area contributed by atoms with Gasteiger partial charge in [-0.2, -0.15) is 4.39 Å². The number of hydrogen-bond acceptors (Lipinski definition) is 4. The Morgan fingerprint density at radius 1 is 1.40 bits per heavy atom. The molecule has 1 amide bonds. The highest BCUT2D eigenvalue weighted by Crippen LogP contribution is 2.17. The second-order valence-electron chi connectivity index (χ2n) is 4.81. The van der Waals surface area contributed by atoms with E-state index in [4.69, 9.17) is 0 Å². The van der Waals surface area contributed by atoms with Gasteiger partial charge in [0, 0.05) is 18.7 Å². The Balaban J connectivity index is 2.60. The smallest absolute Gasteiger partial charge is 0.304 e. The zero-order valence-electron chi connectivity index (χ0n) is 11.6. The predicted octanol–water partition coefficient (Wildman–Crippen LogP) is 1.74. The van der Waals surface area contributed by atoms with E-state index >= 15 is 0 Å². The monoisotopic (exact) mass is 283 g/mol. The van der Waals surface area contributed by atoms with Gasteiger partial charge in [0.25, 0.3) is 0 Å². The molecule has 0 saturated carbocycles. The van der Waals surface area contributed by atoms with Crippen molar-refractivity contribution < 1.29 is 14.1 Å². The fourth-order valence-corrected chi connectivity index (χ4v) is 1.58. The van der Waals surface area contributed by atoms with Crippen LogP contribution in [0.2, 0.25) is 0 Å². The molecule has 1 rings (SSSR count). The third-order valence-corrected chi connectivity index (χ3v) is 2.65. The predicted molar refractivity (Wildman–Crippen MR) is 72.6 cm³/mol. The molecule has 0 radical (unpaired) electrons. The van der Waals surface area contributed by atoms with E-state index in [1.54, 1.807) is 6.92 Å². The summed E-state index contributed by atoms with van der Waals surface area (Å²) in [4.78, 5) is 21.4. The molecule has 1 aromatic carbocycles. The number of nitro benzene ring substituents is 1. The number of carbonyl (C=O) groups excluding carboxylic acids is 1.